The fourth-order valence-corrected chi connectivity index (χ4v) is 2.81. The van der Waals surface area contributed by atoms with Crippen LogP contribution in [0, 0.1) is 5.41 Å². The highest BCUT2D eigenvalue weighted by molar-refractivity contribution is 4.98. The number of ether oxygens (including phenoxy) is 1. The van der Waals surface area contributed by atoms with E-state index in [2.05, 4.69) is 25.7 Å². The summed E-state index contributed by atoms with van der Waals surface area (Å²) in [7, 11) is 0. The smallest absolute Gasteiger partial charge is 0.0624 e. The topological polar surface area (TPSA) is 38.5 Å². The predicted octanol–water partition coefficient (Wildman–Crippen LogP) is 1.22. The Hall–Kier alpha value is -0.120. The van der Waals surface area contributed by atoms with Gasteiger partial charge in [-0.1, -0.05) is 0 Å². The largest absolute Gasteiger partial charge is 0.379 e. The molecular weight excluding hydrogens is 188 g/mol. The summed E-state index contributed by atoms with van der Waals surface area (Å²) >= 11 is 0. The number of nitrogens with zero attached hydrogens (tertiary/aromatic N) is 1. The minimum atomic E-state index is 0.264. The molecule has 2 aliphatic heterocycles. The van der Waals surface area contributed by atoms with E-state index in [1.165, 1.54) is 25.9 Å². The van der Waals surface area contributed by atoms with Crippen molar-refractivity contribution in [3.63, 3.8) is 0 Å². The molecule has 15 heavy (non-hydrogen) atoms. The van der Waals surface area contributed by atoms with E-state index in [0.29, 0.717) is 11.0 Å². The Labute approximate surface area is 93.0 Å². The van der Waals surface area contributed by atoms with E-state index in [4.69, 9.17) is 10.5 Å². The number of rotatable bonds is 0. The van der Waals surface area contributed by atoms with Gasteiger partial charge >= 0.3 is 0 Å². The molecule has 0 saturated carbocycles. The molecule has 0 radical (unpaired) electrons. The van der Waals surface area contributed by atoms with E-state index in [9.17, 15) is 0 Å². The van der Waals surface area contributed by atoms with Crippen molar-refractivity contribution in [1.82, 2.24) is 4.90 Å². The van der Waals surface area contributed by atoms with Crippen LogP contribution in [0.3, 0.4) is 0 Å². The van der Waals surface area contributed by atoms with Crippen LogP contribution in [0.4, 0.5) is 0 Å². The average Bonchev–Trinajstić information content (AvgIpc) is 2.48. The van der Waals surface area contributed by atoms with Gasteiger partial charge in [-0.05, 0) is 46.7 Å². The molecule has 0 aromatic rings. The lowest BCUT2D eigenvalue weighted by Gasteiger charge is -2.46. The van der Waals surface area contributed by atoms with Gasteiger partial charge in [0.1, 0.15) is 0 Å². The van der Waals surface area contributed by atoms with Gasteiger partial charge in [0.15, 0.2) is 0 Å². The summed E-state index contributed by atoms with van der Waals surface area (Å²) in [5.74, 6) is 0. The maximum atomic E-state index is 6.16. The van der Waals surface area contributed by atoms with Gasteiger partial charge in [0.2, 0.25) is 0 Å². The van der Waals surface area contributed by atoms with E-state index in [0.717, 1.165) is 13.2 Å². The minimum Gasteiger partial charge on any atom is -0.379 e. The molecule has 1 atom stereocenters. The fourth-order valence-electron chi connectivity index (χ4n) is 2.81. The Morgan fingerprint density at radius 1 is 1.27 bits per heavy atom. The van der Waals surface area contributed by atoms with Gasteiger partial charge in [0.25, 0.3) is 0 Å². The van der Waals surface area contributed by atoms with Crippen molar-refractivity contribution in [3.05, 3.63) is 0 Å². The van der Waals surface area contributed by atoms with Crippen LogP contribution in [0.5, 0.6) is 0 Å². The molecule has 2 aliphatic rings. The van der Waals surface area contributed by atoms with Crippen LogP contribution >= 0.6 is 0 Å². The Morgan fingerprint density at radius 3 is 2.27 bits per heavy atom. The van der Waals surface area contributed by atoms with Gasteiger partial charge in [-0.25, -0.2) is 0 Å². The average molecular weight is 212 g/mol. The lowest BCUT2D eigenvalue weighted by molar-refractivity contribution is 0.0303. The SMILES string of the molecule is CC(C)(C)N1CCC2(CC1)COC[C@H]2N. The second-order valence-corrected chi connectivity index (χ2v) is 6.14. The first kappa shape index (κ1) is 11.4. The van der Waals surface area contributed by atoms with Crippen molar-refractivity contribution in [1.29, 1.82) is 0 Å². The van der Waals surface area contributed by atoms with Crippen molar-refractivity contribution in [2.75, 3.05) is 26.3 Å². The molecule has 2 fully saturated rings. The molecule has 2 saturated heterocycles. The highest BCUT2D eigenvalue weighted by atomic mass is 16.5. The fraction of sp³-hybridized carbons (Fsp3) is 1.00. The highest BCUT2D eigenvalue weighted by Crippen LogP contribution is 2.39. The third-order valence-electron chi connectivity index (χ3n) is 4.18. The molecule has 2 N–H and O–H groups in total. The molecule has 1 spiro atoms. The lowest BCUT2D eigenvalue weighted by atomic mass is 9.74. The van der Waals surface area contributed by atoms with Crippen molar-refractivity contribution in [2.24, 2.45) is 11.1 Å². The Balaban J connectivity index is 1.97. The first-order valence-corrected chi connectivity index (χ1v) is 6.02. The Kier molecular flexibility index (Phi) is 2.82. The molecule has 0 aromatic heterocycles. The zero-order valence-electron chi connectivity index (χ0n) is 10.3. The number of piperidine rings is 1. The highest BCUT2D eigenvalue weighted by Gasteiger charge is 2.45. The maximum Gasteiger partial charge on any atom is 0.0624 e. The number of hydrogen-bond donors (Lipinski definition) is 1. The van der Waals surface area contributed by atoms with Gasteiger partial charge < -0.3 is 10.5 Å². The normalized spacial score (nSPS) is 32.4. The van der Waals surface area contributed by atoms with Crippen LogP contribution in [-0.4, -0.2) is 42.8 Å². The second kappa shape index (κ2) is 3.72. The Morgan fingerprint density at radius 2 is 1.87 bits per heavy atom. The summed E-state index contributed by atoms with van der Waals surface area (Å²) in [6.45, 7) is 10.8. The van der Waals surface area contributed by atoms with Crippen LogP contribution in [0.2, 0.25) is 0 Å². The van der Waals surface area contributed by atoms with Crippen molar-refractivity contribution >= 4 is 0 Å². The zero-order valence-corrected chi connectivity index (χ0v) is 10.3. The molecule has 0 amide bonds. The van der Waals surface area contributed by atoms with Crippen molar-refractivity contribution in [2.45, 2.75) is 45.2 Å². The molecule has 0 bridgehead atoms. The van der Waals surface area contributed by atoms with Crippen LogP contribution in [-0.2, 0) is 4.74 Å². The third-order valence-corrected chi connectivity index (χ3v) is 4.18. The lowest BCUT2D eigenvalue weighted by Crippen LogP contribution is -2.53. The third kappa shape index (κ3) is 2.05. The van der Waals surface area contributed by atoms with E-state index < -0.39 is 0 Å². The van der Waals surface area contributed by atoms with E-state index in [-0.39, 0.29) is 6.04 Å². The maximum absolute atomic E-state index is 6.16. The van der Waals surface area contributed by atoms with Crippen LogP contribution in [0.25, 0.3) is 0 Å². The van der Waals surface area contributed by atoms with Gasteiger partial charge in [-0.2, -0.15) is 0 Å². The first-order valence-electron chi connectivity index (χ1n) is 6.02. The predicted molar refractivity (Wildman–Crippen MR) is 61.8 cm³/mol. The number of nitrogens with two attached hydrogens (primary N) is 1. The summed E-state index contributed by atoms with van der Waals surface area (Å²) in [4.78, 5) is 2.56. The van der Waals surface area contributed by atoms with Gasteiger partial charge in [-0.3, -0.25) is 4.90 Å². The van der Waals surface area contributed by atoms with Crippen molar-refractivity contribution < 1.29 is 4.74 Å². The van der Waals surface area contributed by atoms with Gasteiger partial charge in [-0.15, -0.1) is 0 Å². The minimum absolute atomic E-state index is 0.264. The second-order valence-electron chi connectivity index (χ2n) is 6.14. The summed E-state index contributed by atoms with van der Waals surface area (Å²) < 4.78 is 5.53. The molecule has 0 unspecified atom stereocenters. The Bertz CT molecular complexity index is 226. The van der Waals surface area contributed by atoms with Gasteiger partial charge in [0, 0.05) is 17.0 Å². The monoisotopic (exact) mass is 212 g/mol. The standard InChI is InChI=1S/C12H24N2O/c1-11(2,3)14-6-4-12(5-7-14)9-15-8-10(12)13/h10H,4-9,13H2,1-3H3/t10-/m1/s1. The van der Waals surface area contributed by atoms with Gasteiger partial charge in [0.05, 0.1) is 13.2 Å². The molecule has 2 rings (SSSR count). The number of hydrogen-bond acceptors (Lipinski definition) is 3. The molecule has 2 heterocycles. The first-order chi connectivity index (χ1) is 6.94. The molecule has 88 valence electrons. The summed E-state index contributed by atoms with van der Waals surface area (Å²) in [6, 6.07) is 0.264. The van der Waals surface area contributed by atoms with E-state index in [1.807, 2.05) is 0 Å². The quantitative estimate of drug-likeness (QED) is 0.656. The molecule has 0 aliphatic carbocycles. The summed E-state index contributed by atoms with van der Waals surface area (Å²) in [5, 5.41) is 0. The zero-order chi connectivity index (χ0) is 11.1. The molecular formula is C12H24N2O. The number of likely N-dealkylation sites (tertiary alicyclic amines) is 1. The van der Waals surface area contributed by atoms with E-state index in [1.54, 1.807) is 0 Å². The summed E-state index contributed by atoms with van der Waals surface area (Å²) in [5.41, 5.74) is 6.75. The van der Waals surface area contributed by atoms with Crippen LogP contribution in [0.1, 0.15) is 33.6 Å². The summed E-state index contributed by atoms with van der Waals surface area (Å²) in [6.07, 6.45) is 2.40. The van der Waals surface area contributed by atoms with Crippen LogP contribution in [0.15, 0.2) is 0 Å². The van der Waals surface area contributed by atoms with E-state index >= 15 is 0 Å². The molecule has 0 aromatic carbocycles. The van der Waals surface area contributed by atoms with Crippen molar-refractivity contribution in [3.8, 4) is 0 Å². The molecule has 3 nitrogen and oxygen atoms in total. The molecule has 3 heteroatoms. The van der Waals surface area contributed by atoms with Crippen LogP contribution < -0.4 is 5.73 Å².